The second kappa shape index (κ2) is 12.4. The lowest BCUT2D eigenvalue weighted by atomic mass is 10.2. The molecular formula is C28H21F3N4O5S. The molecule has 13 heteroatoms. The lowest BCUT2D eigenvalue weighted by molar-refractivity contribution is -0.141. The number of para-hydroxylation sites is 2. The van der Waals surface area contributed by atoms with Crippen LogP contribution in [0.25, 0.3) is 17.5 Å². The minimum absolute atomic E-state index is 0.0349. The number of alkyl halides is 3. The van der Waals surface area contributed by atoms with Crippen LogP contribution in [-0.2, 0) is 16.2 Å². The van der Waals surface area contributed by atoms with E-state index in [1.54, 1.807) is 54.6 Å². The van der Waals surface area contributed by atoms with Gasteiger partial charge in [-0.1, -0.05) is 48.4 Å². The number of hydrogen-bond donors (Lipinski definition) is 1. The van der Waals surface area contributed by atoms with Crippen LogP contribution in [-0.4, -0.2) is 37.1 Å². The van der Waals surface area contributed by atoms with Gasteiger partial charge in [0.05, 0.1) is 12.5 Å². The summed E-state index contributed by atoms with van der Waals surface area (Å²) in [6.07, 6.45) is 2.94. The van der Waals surface area contributed by atoms with Gasteiger partial charge in [-0.2, -0.15) is 18.2 Å². The Labute approximate surface area is 233 Å². The second-order valence-electron chi connectivity index (χ2n) is 8.07. The number of nitrogens with one attached hydrogen (secondary N) is 1. The van der Waals surface area contributed by atoms with E-state index in [1.807, 2.05) is 0 Å². The number of sulfonamides is 1. The first-order valence-corrected chi connectivity index (χ1v) is 13.2. The fraction of sp³-hybridized carbons (Fsp3) is 0.107. The number of aromatic nitrogens is 3. The van der Waals surface area contributed by atoms with Crippen molar-refractivity contribution >= 4 is 21.9 Å². The minimum Gasteiger partial charge on any atom is -0.493 e. The zero-order chi connectivity index (χ0) is 29.5. The van der Waals surface area contributed by atoms with E-state index in [-0.39, 0.29) is 41.2 Å². The number of rotatable bonds is 10. The normalized spacial score (nSPS) is 11.6. The summed E-state index contributed by atoms with van der Waals surface area (Å²) in [6, 6.07) is 17.0. The maximum Gasteiger partial charge on any atom is 0.433 e. The third kappa shape index (κ3) is 7.52. The molecule has 0 aliphatic rings. The molecule has 0 spiro atoms. The number of terminal acetylenes is 1. The summed E-state index contributed by atoms with van der Waals surface area (Å²) in [5.74, 6) is 1.57. The van der Waals surface area contributed by atoms with Crippen molar-refractivity contribution in [3.8, 4) is 46.9 Å². The van der Waals surface area contributed by atoms with Crippen LogP contribution in [0.1, 0.15) is 11.3 Å². The largest absolute Gasteiger partial charge is 0.493 e. The quantitative estimate of drug-likeness (QED) is 0.234. The van der Waals surface area contributed by atoms with Gasteiger partial charge in [0.25, 0.3) is 15.9 Å². The van der Waals surface area contributed by atoms with Gasteiger partial charge >= 0.3 is 6.18 Å². The standard InChI is InChI=1S/C28H21F3N4O5S/c1-3-16-39-27-24(40-22-12-8-7-11-21(22)38-2)26(35-41(36,37)17-15-19-9-5-4-6-10-19)33-25(34-27)20-13-14-23(32-18-20)28(29,30)31/h1,4-15,17-18H,16H2,2H3,(H,33,34,35). The monoisotopic (exact) mass is 582 g/mol. The van der Waals surface area contributed by atoms with E-state index in [0.29, 0.717) is 11.3 Å². The fourth-order valence-corrected chi connectivity index (χ4v) is 4.15. The van der Waals surface area contributed by atoms with Crippen LogP contribution in [0.3, 0.4) is 0 Å². The first-order valence-electron chi connectivity index (χ1n) is 11.7. The molecule has 0 atom stereocenters. The van der Waals surface area contributed by atoms with E-state index < -0.39 is 21.9 Å². The SMILES string of the molecule is C#CCOc1nc(-c2ccc(C(F)(F)F)nc2)nc(NS(=O)(=O)C=Cc2ccccc2)c1Oc1ccccc1OC. The van der Waals surface area contributed by atoms with Crippen molar-refractivity contribution in [1.29, 1.82) is 0 Å². The van der Waals surface area contributed by atoms with Crippen molar-refractivity contribution in [2.24, 2.45) is 0 Å². The molecule has 2 heterocycles. The molecule has 2 aromatic carbocycles. The molecule has 4 rings (SSSR count). The van der Waals surface area contributed by atoms with Crippen LogP contribution in [0.4, 0.5) is 19.0 Å². The summed E-state index contributed by atoms with van der Waals surface area (Å²) < 4.78 is 84.4. The van der Waals surface area contributed by atoms with E-state index in [2.05, 4.69) is 25.6 Å². The van der Waals surface area contributed by atoms with Crippen LogP contribution in [0.5, 0.6) is 23.1 Å². The Balaban J connectivity index is 1.84. The number of pyridine rings is 1. The molecule has 0 saturated carbocycles. The minimum atomic E-state index is -4.67. The first kappa shape index (κ1) is 28.9. The van der Waals surface area contributed by atoms with Crippen molar-refractivity contribution < 1.29 is 35.8 Å². The zero-order valence-electron chi connectivity index (χ0n) is 21.3. The molecule has 0 unspecified atom stereocenters. The summed E-state index contributed by atoms with van der Waals surface area (Å²) in [5.41, 5.74) is -0.485. The average Bonchev–Trinajstić information content (AvgIpc) is 2.96. The second-order valence-corrected chi connectivity index (χ2v) is 9.63. The highest BCUT2D eigenvalue weighted by molar-refractivity contribution is 7.95. The molecule has 0 aliphatic heterocycles. The maximum atomic E-state index is 13.1. The molecule has 4 aromatic rings. The Morgan fingerprint density at radius 3 is 2.34 bits per heavy atom. The number of ether oxygens (including phenoxy) is 3. The van der Waals surface area contributed by atoms with Gasteiger partial charge < -0.3 is 14.2 Å². The molecule has 1 N–H and O–H groups in total. The van der Waals surface area contributed by atoms with Gasteiger partial charge in [-0.05, 0) is 35.9 Å². The summed E-state index contributed by atoms with van der Waals surface area (Å²) in [5, 5.41) is 0.915. The number of nitrogens with zero attached hydrogens (tertiary/aromatic N) is 3. The van der Waals surface area contributed by atoms with E-state index in [0.717, 1.165) is 23.7 Å². The molecule has 0 saturated heterocycles. The maximum absolute atomic E-state index is 13.1. The Hall–Kier alpha value is -5.09. The van der Waals surface area contributed by atoms with Crippen molar-refractivity contribution in [1.82, 2.24) is 15.0 Å². The van der Waals surface area contributed by atoms with Crippen LogP contribution in [0.15, 0.2) is 78.3 Å². The van der Waals surface area contributed by atoms with E-state index in [4.69, 9.17) is 20.6 Å². The van der Waals surface area contributed by atoms with Crippen molar-refractivity contribution in [2.45, 2.75) is 6.18 Å². The molecule has 41 heavy (non-hydrogen) atoms. The van der Waals surface area contributed by atoms with Gasteiger partial charge in [-0.15, -0.1) is 6.42 Å². The number of benzene rings is 2. The molecule has 0 aliphatic carbocycles. The van der Waals surface area contributed by atoms with Gasteiger partial charge in [0, 0.05) is 11.8 Å². The average molecular weight is 583 g/mol. The van der Waals surface area contributed by atoms with E-state index in [1.165, 1.54) is 13.2 Å². The number of halogens is 3. The summed E-state index contributed by atoms with van der Waals surface area (Å²) in [6.45, 7) is -0.301. The summed E-state index contributed by atoms with van der Waals surface area (Å²) in [7, 11) is -2.81. The van der Waals surface area contributed by atoms with E-state index >= 15 is 0 Å². The molecular weight excluding hydrogens is 561 g/mol. The van der Waals surface area contributed by atoms with Crippen LogP contribution < -0.4 is 18.9 Å². The lowest BCUT2D eigenvalue weighted by Gasteiger charge is -2.17. The smallest absolute Gasteiger partial charge is 0.433 e. The van der Waals surface area contributed by atoms with Crippen molar-refractivity contribution in [3.05, 3.63) is 89.6 Å². The topological polar surface area (TPSA) is 113 Å². The number of methoxy groups -OCH3 is 1. The van der Waals surface area contributed by atoms with Gasteiger partial charge in [0.2, 0.25) is 5.75 Å². The molecule has 9 nitrogen and oxygen atoms in total. The van der Waals surface area contributed by atoms with Gasteiger partial charge in [0.1, 0.15) is 5.69 Å². The molecule has 0 amide bonds. The first-order chi connectivity index (χ1) is 19.6. The molecule has 0 radical (unpaired) electrons. The van der Waals surface area contributed by atoms with Gasteiger partial charge in [0.15, 0.2) is 29.7 Å². The fourth-order valence-electron chi connectivity index (χ4n) is 3.34. The van der Waals surface area contributed by atoms with Gasteiger partial charge in [-0.3, -0.25) is 9.71 Å². The Morgan fingerprint density at radius 1 is 1.00 bits per heavy atom. The summed E-state index contributed by atoms with van der Waals surface area (Å²) in [4.78, 5) is 11.9. The highest BCUT2D eigenvalue weighted by Gasteiger charge is 2.32. The predicted octanol–water partition coefficient (Wildman–Crippen LogP) is 5.78. The Kier molecular flexibility index (Phi) is 8.74. The molecule has 0 fully saturated rings. The van der Waals surface area contributed by atoms with Gasteiger partial charge in [-0.25, -0.2) is 13.4 Å². The number of anilines is 1. The molecule has 210 valence electrons. The Morgan fingerprint density at radius 2 is 1.71 bits per heavy atom. The van der Waals surface area contributed by atoms with Crippen LogP contribution in [0, 0.1) is 12.3 Å². The Bertz CT molecular complexity index is 1690. The highest BCUT2D eigenvalue weighted by atomic mass is 32.2. The number of hydrogen-bond acceptors (Lipinski definition) is 8. The molecule has 2 aromatic heterocycles. The van der Waals surface area contributed by atoms with Crippen molar-refractivity contribution in [3.63, 3.8) is 0 Å². The van der Waals surface area contributed by atoms with Crippen LogP contribution >= 0.6 is 0 Å². The summed E-state index contributed by atoms with van der Waals surface area (Å²) >= 11 is 0. The zero-order valence-corrected chi connectivity index (χ0v) is 22.1. The highest BCUT2D eigenvalue weighted by Crippen LogP contribution is 2.41. The van der Waals surface area contributed by atoms with Crippen molar-refractivity contribution in [2.75, 3.05) is 18.4 Å². The lowest BCUT2D eigenvalue weighted by Crippen LogP contribution is -2.14. The predicted molar refractivity (Wildman–Crippen MR) is 146 cm³/mol. The third-order valence-electron chi connectivity index (χ3n) is 5.20. The van der Waals surface area contributed by atoms with E-state index in [9.17, 15) is 21.6 Å². The van der Waals surface area contributed by atoms with Crippen LogP contribution in [0.2, 0.25) is 0 Å². The third-order valence-corrected chi connectivity index (χ3v) is 6.17. The molecule has 0 bridgehead atoms.